The van der Waals surface area contributed by atoms with Gasteiger partial charge in [0.1, 0.15) is 5.75 Å². The molecule has 0 saturated heterocycles. The number of rotatable bonds is 4. The Morgan fingerprint density at radius 1 is 1.05 bits per heavy atom. The third kappa shape index (κ3) is 3.75. The Morgan fingerprint density at radius 2 is 1.65 bits per heavy atom. The first kappa shape index (κ1) is 13.9. The quantitative estimate of drug-likeness (QED) is 0.838. The highest BCUT2D eigenvalue weighted by molar-refractivity contribution is 6.04. The van der Waals surface area contributed by atoms with Gasteiger partial charge in [-0.05, 0) is 62.4 Å². The summed E-state index contributed by atoms with van der Waals surface area (Å²) >= 11 is 0. The first-order chi connectivity index (χ1) is 9.54. The van der Waals surface area contributed by atoms with Crippen LogP contribution in [-0.4, -0.2) is 12.0 Å². The molecule has 0 atom stereocenters. The van der Waals surface area contributed by atoms with Crippen LogP contribution in [-0.2, 0) is 0 Å². The van der Waals surface area contributed by atoms with E-state index >= 15 is 0 Å². The molecule has 2 aromatic rings. The van der Waals surface area contributed by atoms with Crippen molar-refractivity contribution in [3.05, 3.63) is 54.1 Å². The minimum absolute atomic E-state index is 0.115. The van der Waals surface area contributed by atoms with E-state index in [9.17, 15) is 4.79 Å². The molecule has 4 heteroatoms. The molecule has 1 amide bonds. The molecule has 0 aromatic heterocycles. The zero-order valence-corrected chi connectivity index (χ0v) is 11.6. The molecule has 0 aliphatic heterocycles. The van der Waals surface area contributed by atoms with Crippen LogP contribution in [0, 0.1) is 0 Å². The number of amides is 1. The summed E-state index contributed by atoms with van der Waals surface area (Å²) in [4.78, 5) is 12.0. The van der Waals surface area contributed by atoms with Crippen molar-refractivity contribution < 1.29 is 9.53 Å². The molecular weight excluding hydrogens is 252 g/mol. The molecule has 0 bridgehead atoms. The molecule has 0 radical (unpaired) electrons. The van der Waals surface area contributed by atoms with Crippen LogP contribution in [0.25, 0.3) is 0 Å². The fraction of sp³-hybridized carbons (Fsp3) is 0.188. The molecule has 2 rings (SSSR count). The van der Waals surface area contributed by atoms with Gasteiger partial charge in [0, 0.05) is 16.9 Å². The Bertz CT molecular complexity index is 574. The number of nitrogen functional groups attached to an aromatic ring is 1. The monoisotopic (exact) mass is 270 g/mol. The third-order valence-electron chi connectivity index (χ3n) is 2.66. The molecule has 4 nitrogen and oxygen atoms in total. The molecule has 20 heavy (non-hydrogen) atoms. The second kappa shape index (κ2) is 6.10. The Morgan fingerprint density at radius 3 is 2.20 bits per heavy atom. The molecule has 0 fully saturated rings. The summed E-state index contributed by atoms with van der Waals surface area (Å²) in [7, 11) is 0. The van der Waals surface area contributed by atoms with E-state index in [1.54, 1.807) is 48.5 Å². The molecule has 0 heterocycles. The van der Waals surface area contributed by atoms with E-state index in [0.29, 0.717) is 16.9 Å². The number of benzene rings is 2. The Balaban J connectivity index is 2.03. The van der Waals surface area contributed by atoms with Gasteiger partial charge in [0.15, 0.2) is 0 Å². The summed E-state index contributed by atoms with van der Waals surface area (Å²) in [6.45, 7) is 3.92. The average Bonchev–Trinajstić information content (AvgIpc) is 2.41. The van der Waals surface area contributed by atoms with Gasteiger partial charge >= 0.3 is 0 Å². The number of hydrogen-bond donors (Lipinski definition) is 2. The number of hydrogen-bond acceptors (Lipinski definition) is 3. The van der Waals surface area contributed by atoms with Gasteiger partial charge < -0.3 is 15.8 Å². The second-order valence-electron chi connectivity index (χ2n) is 4.77. The molecule has 0 spiro atoms. The average molecular weight is 270 g/mol. The molecule has 2 aromatic carbocycles. The van der Waals surface area contributed by atoms with Gasteiger partial charge in [0.25, 0.3) is 5.91 Å². The van der Waals surface area contributed by atoms with Crippen molar-refractivity contribution in [1.29, 1.82) is 0 Å². The van der Waals surface area contributed by atoms with E-state index in [1.807, 2.05) is 13.8 Å². The SMILES string of the molecule is CC(C)Oc1ccc(C(=O)Nc2ccc(N)cc2)cc1. The first-order valence-electron chi connectivity index (χ1n) is 6.48. The van der Waals surface area contributed by atoms with Gasteiger partial charge in [-0.1, -0.05) is 0 Å². The lowest BCUT2D eigenvalue weighted by Crippen LogP contribution is -2.12. The van der Waals surface area contributed by atoms with Crippen LogP contribution < -0.4 is 15.8 Å². The lowest BCUT2D eigenvalue weighted by molar-refractivity contribution is 0.102. The largest absolute Gasteiger partial charge is 0.491 e. The van der Waals surface area contributed by atoms with Crippen LogP contribution in [0.2, 0.25) is 0 Å². The van der Waals surface area contributed by atoms with Crippen LogP contribution in [0.5, 0.6) is 5.75 Å². The topological polar surface area (TPSA) is 64.3 Å². The van der Waals surface area contributed by atoms with Crippen molar-refractivity contribution in [3.8, 4) is 5.75 Å². The molecule has 3 N–H and O–H groups in total. The Labute approximate surface area is 118 Å². The smallest absolute Gasteiger partial charge is 0.255 e. The number of carbonyl (C=O) groups excluding carboxylic acids is 1. The van der Waals surface area contributed by atoms with E-state index in [-0.39, 0.29) is 12.0 Å². The van der Waals surface area contributed by atoms with Crippen molar-refractivity contribution in [2.24, 2.45) is 0 Å². The van der Waals surface area contributed by atoms with E-state index < -0.39 is 0 Å². The van der Waals surface area contributed by atoms with Gasteiger partial charge in [-0.25, -0.2) is 0 Å². The van der Waals surface area contributed by atoms with E-state index in [4.69, 9.17) is 10.5 Å². The zero-order valence-electron chi connectivity index (χ0n) is 11.6. The van der Waals surface area contributed by atoms with Crippen molar-refractivity contribution in [3.63, 3.8) is 0 Å². The third-order valence-corrected chi connectivity index (χ3v) is 2.66. The maximum Gasteiger partial charge on any atom is 0.255 e. The number of nitrogens with one attached hydrogen (secondary N) is 1. The number of carbonyl (C=O) groups is 1. The molecule has 0 aliphatic carbocycles. The first-order valence-corrected chi connectivity index (χ1v) is 6.48. The standard InChI is InChI=1S/C16H18N2O2/c1-11(2)20-15-9-3-12(4-10-15)16(19)18-14-7-5-13(17)6-8-14/h3-11H,17H2,1-2H3,(H,18,19). The van der Waals surface area contributed by atoms with Crippen LogP contribution in [0.3, 0.4) is 0 Å². The molecule has 0 aliphatic rings. The van der Waals surface area contributed by atoms with Crippen molar-refractivity contribution in [1.82, 2.24) is 0 Å². The van der Waals surface area contributed by atoms with Gasteiger partial charge in [-0.3, -0.25) is 4.79 Å². The van der Waals surface area contributed by atoms with E-state index in [1.165, 1.54) is 0 Å². The predicted octanol–water partition coefficient (Wildman–Crippen LogP) is 3.31. The lowest BCUT2D eigenvalue weighted by Gasteiger charge is -2.10. The van der Waals surface area contributed by atoms with Gasteiger partial charge in [-0.15, -0.1) is 0 Å². The van der Waals surface area contributed by atoms with Crippen LogP contribution in [0.1, 0.15) is 24.2 Å². The minimum Gasteiger partial charge on any atom is -0.491 e. The highest BCUT2D eigenvalue weighted by Gasteiger charge is 2.06. The normalized spacial score (nSPS) is 10.3. The fourth-order valence-electron chi connectivity index (χ4n) is 1.73. The maximum absolute atomic E-state index is 12.0. The fourth-order valence-corrected chi connectivity index (χ4v) is 1.73. The second-order valence-corrected chi connectivity index (χ2v) is 4.77. The maximum atomic E-state index is 12.0. The van der Waals surface area contributed by atoms with Crippen molar-refractivity contribution >= 4 is 17.3 Å². The minimum atomic E-state index is -0.161. The summed E-state index contributed by atoms with van der Waals surface area (Å²) in [5.74, 6) is 0.593. The van der Waals surface area contributed by atoms with Gasteiger partial charge in [-0.2, -0.15) is 0 Å². The van der Waals surface area contributed by atoms with Crippen LogP contribution in [0.4, 0.5) is 11.4 Å². The van der Waals surface area contributed by atoms with E-state index in [2.05, 4.69) is 5.32 Å². The summed E-state index contributed by atoms with van der Waals surface area (Å²) in [6.07, 6.45) is 0.115. The van der Waals surface area contributed by atoms with Gasteiger partial charge in [0.05, 0.1) is 6.10 Å². The summed E-state index contributed by atoms with van der Waals surface area (Å²) in [6, 6.07) is 14.1. The molecular formula is C16H18N2O2. The number of nitrogens with two attached hydrogens (primary N) is 1. The lowest BCUT2D eigenvalue weighted by atomic mass is 10.2. The number of ether oxygens (including phenoxy) is 1. The predicted molar refractivity (Wildman–Crippen MR) is 81.0 cm³/mol. The summed E-state index contributed by atoms with van der Waals surface area (Å²) < 4.78 is 5.53. The van der Waals surface area contributed by atoms with Crippen LogP contribution >= 0.6 is 0 Å². The van der Waals surface area contributed by atoms with Crippen molar-refractivity contribution in [2.75, 3.05) is 11.1 Å². The highest BCUT2D eigenvalue weighted by atomic mass is 16.5. The van der Waals surface area contributed by atoms with E-state index in [0.717, 1.165) is 5.75 Å². The van der Waals surface area contributed by atoms with Crippen LogP contribution in [0.15, 0.2) is 48.5 Å². The zero-order chi connectivity index (χ0) is 14.5. The summed E-state index contributed by atoms with van der Waals surface area (Å²) in [5, 5.41) is 2.81. The molecule has 104 valence electrons. The van der Waals surface area contributed by atoms with Gasteiger partial charge in [0.2, 0.25) is 0 Å². The number of anilines is 2. The molecule has 0 saturated carbocycles. The Hall–Kier alpha value is -2.49. The Kier molecular flexibility index (Phi) is 4.25. The molecule has 0 unspecified atom stereocenters. The van der Waals surface area contributed by atoms with Crippen molar-refractivity contribution in [2.45, 2.75) is 20.0 Å². The summed E-state index contributed by atoms with van der Waals surface area (Å²) in [5.41, 5.74) is 7.56. The highest BCUT2D eigenvalue weighted by Crippen LogP contribution is 2.16.